The first-order valence-electron chi connectivity index (χ1n) is 6.60. The van der Waals surface area contributed by atoms with Gasteiger partial charge in [0.2, 0.25) is 0 Å². The second-order valence-corrected chi connectivity index (χ2v) is 5.19. The van der Waals surface area contributed by atoms with Crippen LogP contribution in [0.3, 0.4) is 0 Å². The van der Waals surface area contributed by atoms with E-state index in [1.165, 1.54) is 0 Å². The molecule has 6 nitrogen and oxygen atoms in total. The van der Waals surface area contributed by atoms with Crippen molar-refractivity contribution in [3.63, 3.8) is 0 Å². The molecule has 3 rings (SSSR count). The number of ether oxygens (including phenoxy) is 1. The molecule has 0 bridgehead atoms. The molecule has 1 aromatic carbocycles. The van der Waals surface area contributed by atoms with Gasteiger partial charge in [0.15, 0.2) is 0 Å². The fraction of sp³-hybridized carbons (Fsp3) is 0.429. The predicted molar refractivity (Wildman–Crippen MR) is 75.3 cm³/mol. The number of aromatic nitrogens is 1. The van der Waals surface area contributed by atoms with Crippen LogP contribution in [0.5, 0.6) is 0 Å². The summed E-state index contributed by atoms with van der Waals surface area (Å²) in [4.78, 5) is 27.5. The highest BCUT2D eigenvalue weighted by Gasteiger charge is 2.22. The Bertz CT molecular complexity index is 739. The Labute approximate surface area is 115 Å². The maximum atomic E-state index is 11.7. The van der Waals surface area contributed by atoms with Gasteiger partial charge in [-0.15, -0.1) is 0 Å². The molecule has 1 N–H and O–H groups in total. The molecule has 0 saturated carbocycles. The molecule has 106 valence electrons. The van der Waals surface area contributed by atoms with Crippen molar-refractivity contribution >= 4 is 16.6 Å². The molecule has 20 heavy (non-hydrogen) atoms. The maximum absolute atomic E-state index is 11.7. The number of aromatic amines is 1. The van der Waals surface area contributed by atoms with Crippen molar-refractivity contribution in [2.75, 3.05) is 18.0 Å². The minimum Gasteiger partial charge on any atom is -0.372 e. The lowest BCUT2D eigenvalue weighted by Crippen LogP contribution is -2.45. The summed E-state index contributed by atoms with van der Waals surface area (Å²) in [6.07, 6.45) is 0.280. The number of hydrogen-bond acceptors (Lipinski definition) is 5. The summed E-state index contributed by atoms with van der Waals surface area (Å²) in [5.41, 5.74) is 0.808. The number of H-pyrrole nitrogens is 1. The number of nitrogens with one attached hydrogen (secondary N) is 1. The van der Waals surface area contributed by atoms with Gasteiger partial charge in [0.05, 0.1) is 23.1 Å². The van der Waals surface area contributed by atoms with Crippen LogP contribution in [0.4, 0.5) is 5.69 Å². The number of rotatable bonds is 1. The van der Waals surface area contributed by atoms with Crippen LogP contribution in [0.1, 0.15) is 13.8 Å². The molecule has 0 amide bonds. The molecule has 1 aliphatic heterocycles. The first-order chi connectivity index (χ1) is 9.52. The van der Waals surface area contributed by atoms with Crippen molar-refractivity contribution in [2.24, 2.45) is 0 Å². The highest BCUT2D eigenvalue weighted by Crippen LogP contribution is 2.22. The minimum absolute atomic E-state index is 0.140. The molecular formula is C14H16N2O4. The van der Waals surface area contributed by atoms with E-state index in [2.05, 4.69) is 14.3 Å². The zero-order valence-electron chi connectivity index (χ0n) is 11.4. The molecule has 1 aromatic heterocycles. The quantitative estimate of drug-likeness (QED) is 0.844. The molecule has 0 aliphatic carbocycles. The third kappa shape index (κ3) is 2.34. The van der Waals surface area contributed by atoms with Crippen LogP contribution in [0.2, 0.25) is 0 Å². The summed E-state index contributed by atoms with van der Waals surface area (Å²) in [5, 5.41) is 0.383. The Morgan fingerprint density at radius 2 is 1.90 bits per heavy atom. The lowest BCUT2D eigenvalue weighted by atomic mass is 10.1. The third-order valence-corrected chi connectivity index (χ3v) is 3.43. The maximum Gasteiger partial charge on any atom is 0.419 e. The van der Waals surface area contributed by atoms with Crippen molar-refractivity contribution in [3.8, 4) is 0 Å². The molecule has 1 fully saturated rings. The highest BCUT2D eigenvalue weighted by atomic mass is 16.5. The van der Waals surface area contributed by atoms with Crippen molar-refractivity contribution in [1.82, 2.24) is 4.98 Å². The Morgan fingerprint density at radius 1 is 1.20 bits per heavy atom. The van der Waals surface area contributed by atoms with E-state index in [-0.39, 0.29) is 12.2 Å². The van der Waals surface area contributed by atoms with E-state index in [4.69, 9.17) is 4.74 Å². The number of morpholine rings is 1. The van der Waals surface area contributed by atoms with E-state index in [0.29, 0.717) is 10.9 Å². The van der Waals surface area contributed by atoms with Gasteiger partial charge in [0, 0.05) is 18.8 Å². The molecule has 0 radical (unpaired) electrons. The van der Waals surface area contributed by atoms with Gasteiger partial charge in [0.1, 0.15) is 0 Å². The SMILES string of the molecule is CC1CN(c2ccc3[nH]c(=O)oc(=O)c3c2)CC(C)O1. The molecule has 1 aliphatic rings. The van der Waals surface area contributed by atoms with Crippen LogP contribution < -0.4 is 16.3 Å². The van der Waals surface area contributed by atoms with E-state index in [1.807, 2.05) is 19.9 Å². The van der Waals surface area contributed by atoms with Gasteiger partial charge in [-0.1, -0.05) is 0 Å². The Balaban J connectivity index is 2.05. The number of hydrogen-bond donors (Lipinski definition) is 1. The van der Waals surface area contributed by atoms with Crippen LogP contribution in [-0.2, 0) is 4.74 Å². The van der Waals surface area contributed by atoms with Crippen LogP contribution in [0, 0.1) is 0 Å². The number of nitrogens with zero attached hydrogens (tertiary/aromatic N) is 1. The van der Waals surface area contributed by atoms with Crippen LogP contribution >= 0.6 is 0 Å². The molecule has 6 heteroatoms. The fourth-order valence-corrected chi connectivity index (χ4v) is 2.67. The second kappa shape index (κ2) is 4.79. The zero-order valence-corrected chi connectivity index (χ0v) is 11.4. The number of benzene rings is 1. The van der Waals surface area contributed by atoms with Gasteiger partial charge in [-0.2, -0.15) is 0 Å². The van der Waals surface area contributed by atoms with Gasteiger partial charge in [-0.05, 0) is 32.0 Å². The molecule has 2 atom stereocenters. The van der Waals surface area contributed by atoms with Crippen molar-refractivity contribution in [2.45, 2.75) is 26.1 Å². The third-order valence-electron chi connectivity index (χ3n) is 3.43. The first kappa shape index (κ1) is 12.9. The van der Waals surface area contributed by atoms with Crippen molar-refractivity contribution in [1.29, 1.82) is 0 Å². The molecule has 2 heterocycles. The van der Waals surface area contributed by atoms with Gasteiger partial charge >= 0.3 is 11.4 Å². The lowest BCUT2D eigenvalue weighted by molar-refractivity contribution is -0.00520. The topological polar surface area (TPSA) is 75.5 Å². The summed E-state index contributed by atoms with van der Waals surface area (Å²) in [6, 6.07) is 5.37. The van der Waals surface area contributed by atoms with Gasteiger partial charge in [-0.3, -0.25) is 4.98 Å². The average Bonchev–Trinajstić information content (AvgIpc) is 2.37. The zero-order chi connectivity index (χ0) is 14.3. The van der Waals surface area contributed by atoms with E-state index in [1.54, 1.807) is 12.1 Å². The van der Waals surface area contributed by atoms with E-state index in [0.717, 1.165) is 18.8 Å². The first-order valence-corrected chi connectivity index (χ1v) is 6.60. The number of anilines is 1. The molecule has 0 spiro atoms. The number of fused-ring (bicyclic) bond motifs is 1. The summed E-state index contributed by atoms with van der Waals surface area (Å²) >= 11 is 0. The fourth-order valence-electron chi connectivity index (χ4n) is 2.67. The molecule has 1 saturated heterocycles. The van der Waals surface area contributed by atoms with Crippen LogP contribution in [0.15, 0.2) is 32.2 Å². The van der Waals surface area contributed by atoms with Crippen LogP contribution in [-0.4, -0.2) is 30.3 Å². The molecular weight excluding hydrogens is 260 g/mol. The Morgan fingerprint density at radius 3 is 2.60 bits per heavy atom. The van der Waals surface area contributed by atoms with E-state index >= 15 is 0 Å². The summed E-state index contributed by atoms with van der Waals surface area (Å²) in [6.45, 7) is 5.58. The van der Waals surface area contributed by atoms with E-state index < -0.39 is 11.4 Å². The second-order valence-electron chi connectivity index (χ2n) is 5.19. The van der Waals surface area contributed by atoms with Gasteiger partial charge < -0.3 is 14.1 Å². The molecule has 2 unspecified atom stereocenters. The highest BCUT2D eigenvalue weighted by molar-refractivity contribution is 5.81. The standard InChI is InChI=1S/C14H16N2O4/c1-8-6-16(7-9(2)19-8)10-3-4-12-11(5-10)13(17)20-14(18)15-12/h3-5,8-9H,6-7H2,1-2H3,(H,15,18). The van der Waals surface area contributed by atoms with Crippen molar-refractivity contribution < 1.29 is 9.15 Å². The van der Waals surface area contributed by atoms with Crippen molar-refractivity contribution in [3.05, 3.63) is 39.2 Å². The summed E-state index contributed by atoms with van der Waals surface area (Å²) in [7, 11) is 0. The largest absolute Gasteiger partial charge is 0.419 e. The van der Waals surface area contributed by atoms with E-state index in [9.17, 15) is 9.59 Å². The lowest BCUT2D eigenvalue weighted by Gasteiger charge is -2.36. The summed E-state index contributed by atoms with van der Waals surface area (Å²) in [5.74, 6) is -0.733. The van der Waals surface area contributed by atoms with Gasteiger partial charge in [0.25, 0.3) is 0 Å². The Hall–Kier alpha value is -2.08. The Kier molecular flexibility index (Phi) is 3.10. The monoisotopic (exact) mass is 276 g/mol. The predicted octanol–water partition coefficient (Wildman–Crippen LogP) is 1.09. The molecule has 2 aromatic rings. The van der Waals surface area contributed by atoms with Crippen LogP contribution in [0.25, 0.3) is 10.9 Å². The van der Waals surface area contributed by atoms with Gasteiger partial charge in [-0.25, -0.2) is 9.59 Å². The minimum atomic E-state index is -0.733. The normalized spacial score (nSPS) is 23.2. The smallest absolute Gasteiger partial charge is 0.372 e. The average molecular weight is 276 g/mol. The summed E-state index contributed by atoms with van der Waals surface area (Å²) < 4.78 is 10.3.